The summed E-state index contributed by atoms with van der Waals surface area (Å²) in [7, 11) is 0. The topological polar surface area (TPSA) is 44.5 Å². The van der Waals surface area contributed by atoms with E-state index in [4.69, 9.17) is 15.2 Å². The van der Waals surface area contributed by atoms with Crippen molar-refractivity contribution in [3.63, 3.8) is 0 Å². The summed E-state index contributed by atoms with van der Waals surface area (Å²) >= 11 is 0. The van der Waals surface area contributed by atoms with Crippen molar-refractivity contribution in [2.75, 3.05) is 19.8 Å². The molecule has 2 aromatic rings. The van der Waals surface area contributed by atoms with E-state index in [9.17, 15) is 0 Å². The van der Waals surface area contributed by atoms with Crippen LogP contribution in [0.4, 0.5) is 0 Å². The van der Waals surface area contributed by atoms with Crippen LogP contribution in [0.1, 0.15) is 12.0 Å². The Balaban J connectivity index is 1.84. The van der Waals surface area contributed by atoms with E-state index in [0.29, 0.717) is 13.2 Å². The maximum atomic E-state index is 5.91. The van der Waals surface area contributed by atoms with E-state index in [0.717, 1.165) is 35.1 Å². The van der Waals surface area contributed by atoms with Crippen LogP contribution in [0.25, 0.3) is 10.8 Å². The molecule has 1 heterocycles. The van der Waals surface area contributed by atoms with Gasteiger partial charge in [-0.05, 0) is 35.0 Å². The van der Waals surface area contributed by atoms with Crippen molar-refractivity contribution in [2.45, 2.75) is 12.5 Å². The molecule has 0 spiro atoms. The summed E-state index contributed by atoms with van der Waals surface area (Å²) < 4.78 is 11.2. The standard InChI is InChI=1S/C17H17NO2/c18-8-1-2-13-3-4-15-11-16(6-5-14(15)10-13)20-17-7-9-19-12-17/h3-6,10-11,17H,7-9,12,18H2. The number of rotatable bonds is 2. The van der Waals surface area contributed by atoms with Gasteiger partial charge in [0.05, 0.1) is 19.8 Å². The molecule has 3 nitrogen and oxygen atoms in total. The maximum Gasteiger partial charge on any atom is 0.124 e. The lowest BCUT2D eigenvalue weighted by Crippen LogP contribution is -2.15. The van der Waals surface area contributed by atoms with Gasteiger partial charge in [0.2, 0.25) is 0 Å². The molecule has 102 valence electrons. The van der Waals surface area contributed by atoms with Gasteiger partial charge in [-0.1, -0.05) is 24.0 Å². The molecular weight excluding hydrogens is 250 g/mol. The monoisotopic (exact) mass is 267 g/mol. The molecule has 1 fully saturated rings. The molecule has 0 radical (unpaired) electrons. The molecule has 3 heteroatoms. The number of fused-ring (bicyclic) bond motifs is 1. The lowest BCUT2D eigenvalue weighted by atomic mass is 10.1. The highest BCUT2D eigenvalue weighted by atomic mass is 16.5. The van der Waals surface area contributed by atoms with Gasteiger partial charge in [0, 0.05) is 12.0 Å². The van der Waals surface area contributed by atoms with Crippen LogP contribution >= 0.6 is 0 Å². The van der Waals surface area contributed by atoms with Gasteiger partial charge in [0.15, 0.2) is 0 Å². The zero-order chi connectivity index (χ0) is 13.8. The second-order valence-electron chi connectivity index (χ2n) is 4.83. The van der Waals surface area contributed by atoms with E-state index in [1.54, 1.807) is 0 Å². The van der Waals surface area contributed by atoms with E-state index in [1.807, 2.05) is 12.1 Å². The van der Waals surface area contributed by atoms with Gasteiger partial charge in [-0.3, -0.25) is 0 Å². The number of nitrogens with two attached hydrogens (primary N) is 1. The lowest BCUT2D eigenvalue weighted by Gasteiger charge is -2.12. The van der Waals surface area contributed by atoms with E-state index < -0.39 is 0 Å². The van der Waals surface area contributed by atoms with E-state index in [-0.39, 0.29) is 6.10 Å². The summed E-state index contributed by atoms with van der Waals surface area (Å²) in [4.78, 5) is 0. The zero-order valence-electron chi connectivity index (χ0n) is 11.3. The van der Waals surface area contributed by atoms with Crippen LogP contribution in [0, 0.1) is 11.8 Å². The van der Waals surface area contributed by atoms with Gasteiger partial charge in [-0.2, -0.15) is 0 Å². The van der Waals surface area contributed by atoms with Crippen molar-refractivity contribution in [3.05, 3.63) is 42.0 Å². The average molecular weight is 267 g/mol. The van der Waals surface area contributed by atoms with Crippen molar-refractivity contribution in [1.29, 1.82) is 0 Å². The third-order valence-corrected chi connectivity index (χ3v) is 3.34. The molecule has 2 aromatic carbocycles. The highest BCUT2D eigenvalue weighted by Crippen LogP contribution is 2.24. The van der Waals surface area contributed by atoms with E-state index in [1.165, 1.54) is 0 Å². The molecule has 0 amide bonds. The minimum atomic E-state index is 0.183. The largest absolute Gasteiger partial charge is 0.488 e. The predicted octanol–water partition coefficient (Wildman–Crippen LogP) is 2.32. The Morgan fingerprint density at radius 3 is 2.85 bits per heavy atom. The lowest BCUT2D eigenvalue weighted by molar-refractivity contribution is 0.141. The number of benzene rings is 2. The first-order valence-corrected chi connectivity index (χ1v) is 6.82. The van der Waals surface area contributed by atoms with Crippen molar-refractivity contribution < 1.29 is 9.47 Å². The predicted molar refractivity (Wildman–Crippen MR) is 79.7 cm³/mol. The van der Waals surface area contributed by atoms with Crippen LogP contribution in [0.3, 0.4) is 0 Å². The molecule has 1 atom stereocenters. The first-order valence-electron chi connectivity index (χ1n) is 6.82. The molecule has 1 saturated heterocycles. The minimum absolute atomic E-state index is 0.183. The highest BCUT2D eigenvalue weighted by Gasteiger charge is 2.17. The molecule has 0 saturated carbocycles. The van der Waals surface area contributed by atoms with Gasteiger partial charge in [0.25, 0.3) is 0 Å². The van der Waals surface area contributed by atoms with Crippen LogP contribution in [-0.4, -0.2) is 25.9 Å². The average Bonchev–Trinajstić information content (AvgIpc) is 2.98. The Morgan fingerprint density at radius 2 is 2.05 bits per heavy atom. The molecule has 0 aliphatic carbocycles. The second-order valence-corrected chi connectivity index (χ2v) is 4.83. The van der Waals surface area contributed by atoms with Crippen molar-refractivity contribution in [1.82, 2.24) is 0 Å². The number of hydrogen-bond acceptors (Lipinski definition) is 3. The van der Waals surface area contributed by atoms with Crippen LogP contribution in [0.5, 0.6) is 5.75 Å². The minimum Gasteiger partial charge on any atom is -0.488 e. The summed E-state index contributed by atoms with van der Waals surface area (Å²) in [5.74, 6) is 6.81. The van der Waals surface area contributed by atoms with E-state index in [2.05, 4.69) is 36.1 Å². The zero-order valence-corrected chi connectivity index (χ0v) is 11.3. The first-order chi connectivity index (χ1) is 9.85. The Bertz CT molecular complexity index is 663. The summed E-state index contributed by atoms with van der Waals surface area (Å²) in [6.07, 6.45) is 1.15. The Labute approximate surface area is 118 Å². The van der Waals surface area contributed by atoms with Gasteiger partial charge in [-0.25, -0.2) is 0 Å². The fraction of sp³-hybridized carbons (Fsp3) is 0.294. The Hall–Kier alpha value is -2.02. The van der Waals surface area contributed by atoms with Gasteiger partial charge >= 0.3 is 0 Å². The summed E-state index contributed by atoms with van der Waals surface area (Å²) in [5.41, 5.74) is 6.37. The molecule has 2 N–H and O–H groups in total. The molecule has 20 heavy (non-hydrogen) atoms. The first kappa shape index (κ1) is 13.0. The van der Waals surface area contributed by atoms with Crippen molar-refractivity contribution in [2.24, 2.45) is 5.73 Å². The number of hydrogen-bond donors (Lipinski definition) is 1. The Morgan fingerprint density at radius 1 is 1.20 bits per heavy atom. The van der Waals surface area contributed by atoms with Gasteiger partial charge < -0.3 is 15.2 Å². The van der Waals surface area contributed by atoms with Gasteiger partial charge in [0.1, 0.15) is 11.9 Å². The number of ether oxygens (including phenoxy) is 2. The smallest absolute Gasteiger partial charge is 0.124 e. The third-order valence-electron chi connectivity index (χ3n) is 3.34. The summed E-state index contributed by atoms with van der Waals surface area (Å²) in [5, 5.41) is 2.31. The van der Waals surface area contributed by atoms with Crippen LogP contribution in [0.15, 0.2) is 36.4 Å². The molecule has 0 aromatic heterocycles. The highest BCUT2D eigenvalue weighted by molar-refractivity contribution is 5.85. The quantitative estimate of drug-likeness (QED) is 0.849. The third kappa shape index (κ3) is 2.93. The summed E-state index contributed by atoms with van der Waals surface area (Å²) in [6, 6.07) is 12.3. The molecule has 1 aliphatic rings. The van der Waals surface area contributed by atoms with Crippen molar-refractivity contribution in [3.8, 4) is 17.6 Å². The normalized spacial score (nSPS) is 17.8. The fourth-order valence-electron chi connectivity index (χ4n) is 2.33. The second kappa shape index (κ2) is 5.96. The van der Waals surface area contributed by atoms with E-state index >= 15 is 0 Å². The molecule has 3 rings (SSSR count). The maximum absolute atomic E-state index is 5.91. The molecule has 1 unspecified atom stereocenters. The molecule has 0 bridgehead atoms. The van der Waals surface area contributed by atoms with Crippen LogP contribution in [-0.2, 0) is 4.74 Å². The Kier molecular flexibility index (Phi) is 3.87. The SMILES string of the molecule is NCC#Cc1ccc2cc(OC3CCOC3)ccc2c1. The summed E-state index contributed by atoms with van der Waals surface area (Å²) in [6.45, 7) is 1.86. The van der Waals surface area contributed by atoms with Crippen molar-refractivity contribution >= 4 is 10.8 Å². The molecular formula is C17H17NO2. The van der Waals surface area contributed by atoms with Gasteiger partial charge in [-0.15, -0.1) is 0 Å². The van der Waals surface area contributed by atoms with Crippen LogP contribution < -0.4 is 10.5 Å². The fourth-order valence-corrected chi connectivity index (χ4v) is 2.33. The molecule has 1 aliphatic heterocycles. The van der Waals surface area contributed by atoms with Crippen LogP contribution in [0.2, 0.25) is 0 Å².